The van der Waals surface area contributed by atoms with Crippen molar-refractivity contribution in [3.63, 3.8) is 0 Å². The molecule has 1 aromatic rings. The van der Waals surface area contributed by atoms with Gasteiger partial charge < -0.3 is 0 Å². The summed E-state index contributed by atoms with van der Waals surface area (Å²) in [7, 11) is 0. The molecule has 2 aliphatic rings. The molecular formula is C16H14. The van der Waals surface area contributed by atoms with Crippen molar-refractivity contribution in [1.82, 2.24) is 0 Å². The molecule has 0 atom stereocenters. The summed E-state index contributed by atoms with van der Waals surface area (Å²) in [5.74, 6) is 0. The Kier molecular flexibility index (Phi) is 2.34. The fourth-order valence-electron chi connectivity index (χ4n) is 2.02. The molecule has 2 aliphatic carbocycles. The van der Waals surface area contributed by atoms with Gasteiger partial charge in [0.25, 0.3) is 0 Å². The molecule has 0 radical (unpaired) electrons. The predicted molar refractivity (Wildman–Crippen MR) is 69.9 cm³/mol. The topological polar surface area (TPSA) is 0 Å². The molecule has 1 aromatic carbocycles. The summed E-state index contributed by atoms with van der Waals surface area (Å²) in [6.45, 7) is 0. The SMILES string of the molecule is C1=CC(c2ccc(/C=C3\C=CC3)cc2)=CC1. The molecule has 0 amide bonds. The average molecular weight is 206 g/mol. The molecule has 0 aromatic heterocycles. The number of hydrogen-bond donors (Lipinski definition) is 0. The summed E-state index contributed by atoms with van der Waals surface area (Å²) in [6, 6.07) is 8.80. The summed E-state index contributed by atoms with van der Waals surface area (Å²) < 4.78 is 0. The Morgan fingerprint density at radius 2 is 1.75 bits per heavy atom. The summed E-state index contributed by atoms with van der Waals surface area (Å²) in [4.78, 5) is 0. The first-order chi connectivity index (χ1) is 7.92. The second-order valence-electron chi connectivity index (χ2n) is 4.25. The smallest absolute Gasteiger partial charge is 0.00941 e. The van der Waals surface area contributed by atoms with Crippen LogP contribution in [0.1, 0.15) is 24.0 Å². The zero-order chi connectivity index (χ0) is 10.8. The fourth-order valence-corrected chi connectivity index (χ4v) is 2.02. The Labute approximate surface area is 96.3 Å². The molecule has 0 spiro atoms. The van der Waals surface area contributed by atoms with Crippen molar-refractivity contribution in [3.05, 3.63) is 71.3 Å². The van der Waals surface area contributed by atoms with Crippen molar-refractivity contribution in [2.24, 2.45) is 0 Å². The van der Waals surface area contributed by atoms with E-state index in [2.05, 4.69) is 60.7 Å². The second kappa shape index (κ2) is 3.97. The molecular weight excluding hydrogens is 192 g/mol. The van der Waals surface area contributed by atoms with E-state index in [1.165, 1.54) is 22.3 Å². The van der Waals surface area contributed by atoms with Gasteiger partial charge in [0.05, 0.1) is 0 Å². The lowest BCUT2D eigenvalue weighted by molar-refractivity contribution is 1.21. The third-order valence-electron chi connectivity index (χ3n) is 3.05. The second-order valence-corrected chi connectivity index (χ2v) is 4.25. The zero-order valence-electron chi connectivity index (χ0n) is 9.19. The maximum atomic E-state index is 2.27. The van der Waals surface area contributed by atoms with E-state index in [4.69, 9.17) is 0 Å². The van der Waals surface area contributed by atoms with Crippen LogP contribution in [0.5, 0.6) is 0 Å². The minimum atomic E-state index is 1.08. The van der Waals surface area contributed by atoms with Gasteiger partial charge in [0.15, 0.2) is 0 Å². The van der Waals surface area contributed by atoms with E-state index in [0.29, 0.717) is 0 Å². The molecule has 3 rings (SSSR count). The third-order valence-corrected chi connectivity index (χ3v) is 3.05. The lowest BCUT2D eigenvalue weighted by atomic mass is 9.99. The van der Waals surface area contributed by atoms with Gasteiger partial charge >= 0.3 is 0 Å². The standard InChI is InChI=1S/C16H14/c1-2-7-15(6-1)16-10-8-14(9-11-16)12-13-4-3-5-13/h1,3-4,6-12H,2,5H2/b13-12+. The molecule has 0 saturated heterocycles. The van der Waals surface area contributed by atoms with E-state index in [1.54, 1.807) is 0 Å². The van der Waals surface area contributed by atoms with Crippen LogP contribution in [0.25, 0.3) is 11.6 Å². The highest BCUT2D eigenvalue weighted by molar-refractivity contribution is 5.77. The van der Waals surface area contributed by atoms with Gasteiger partial charge in [0, 0.05) is 0 Å². The normalized spacial score (nSPS) is 20.0. The lowest BCUT2D eigenvalue weighted by Gasteiger charge is -2.07. The van der Waals surface area contributed by atoms with Gasteiger partial charge in [-0.2, -0.15) is 0 Å². The van der Waals surface area contributed by atoms with Crippen LogP contribution in [0.15, 0.2) is 60.2 Å². The Bertz CT molecular complexity index is 507. The van der Waals surface area contributed by atoms with E-state index >= 15 is 0 Å². The minimum Gasteiger partial charge on any atom is -0.0801 e. The largest absolute Gasteiger partial charge is 0.0801 e. The fraction of sp³-hybridized carbons (Fsp3) is 0.125. The molecule has 0 nitrogen and oxygen atoms in total. The Morgan fingerprint density at radius 1 is 0.938 bits per heavy atom. The van der Waals surface area contributed by atoms with Crippen molar-refractivity contribution < 1.29 is 0 Å². The zero-order valence-corrected chi connectivity index (χ0v) is 9.19. The maximum Gasteiger partial charge on any atom is -0.00941 e. The van der Waals surface area contributed by atoms with Gasteiger partial charge in [0.1, 0.15) is 0 Å². The predicted octanol–water partition coefficient (Wildman–Crippen LogP) is 4.37. The van der Waals surface area contributed by atoms with E-state index in [1.807, 2.05) is 0 Å². The van der Waals surface area contributed by atoms with E-state index in [0.717, 1.165) is 12.8 Å². The quantitative estimate of drug-likeness (QED) is 0.674. The molecule has 0 bridgehead atoms. The van der Waals surface area contributed by atoms with E-state index in [-0.39, 0.29) is 0 Å². The highest BCUT2D eigenvalue weighted by atomic mass is 14.1. The van der Waals surface area contributed by atoms with Crippen molar-refractivity contribution in [2.45, 2.75) is 12.8 Å². The molecule has 0 fully saturated rings. The Balaban J connectivity index is 1.84. The molecule has 0 heteroatoms. The first-order valence-corrected chi connectivity index (χ1v) is 5.76. The highest BCUT2D eigenvalue weighted by Gasteiger charge is 2.02. The highest BCUT2D eigenvalue weighted by Crippen LogP contribution is 2.23. The molecule has 0 saturated carbocycles. The van der Waals surface area contributed by atoms with Gasteiger partial charge in [0.2, 0.25) is 0 Å². The average Bonchev–Trinajstić information content (AvgIpc) is 2.78. The third kappa shape index (κ3) is 1.79. The number of allylic oxidation sites excluding steroid dienone is 7. The number of benzene rings is 1. The molecule has 0 unspecified atom stereocenters. The van der Waals surface area contributed by atoms with Crippen molar-refractivity contribution in [3.8, 4) is 0 Å². The number of hydrogen-bond acceptors (Lipinski definition) is 0. The lowest BCUT2D eigenvalue weighted by Crippen LogP contribution is -1.86. The van der Waals surface area contributed by atoms with Crippen LogP contribution >= 0.6 is 0 Å². The van der Waals surface area contributed by atoms with Crippen molar-refractivity contribution in [1.29, 1.82) is 0 Å². The van der Waals surface area contributed by atoms with Crippen LogP contribution in [0, 0.1) is 0 Å². The molecule has 0 heterocycles. The van der Waals surface area contributed by atoms with Crippen molar-refractivity contribution in [2.75, 3.05) is 0 Å². The van der Waals surface area contributed by atoms with Gasteiger partial charge in [-0.3, -0.25) is 0 Å². The Hall–Kier alpha value is -1.82. The number of rotatable bonds is 2. The summed E-state index contributed by atoms with van der Waals surface area (Å²) in [6.07, 6.45) is 15.5. The molecule has 0 N–H and O–H groups in total. The van der Waals surface area contributed by atoms with Gasteiger partial charge in [-0.25, -0.2) is 0 Å². The van der Waals surface area contributed by atoms with Crippen LogP contribution in [-0.4, -0.2) is 0 Å². The van der Waals surface area contributed by atoms with Crippen LogP contribution in [0.2, 0.25) is 0 Å². The summed E-state index contributed by atoms with van der Waals surface area (Å²) >= 11 is 0. The molecule has 78 valence electrons. The van der Waals surface area contributed by atoms with Gasteiger partial charge in [-0.15, -0.1) is 0 Å². The van der Waals surface area contributed by atoms with Gasteiger partial charge in [-0.05, 0) is 35.1 Å². The Morgan fingerprint density at radius 3 is 2.31 bits per heavy atom. The summed E-state index contributed by atoms with van der Waals surface area (Å²) in [5, 5.41) is 0. The van der Waals surface area contributed by atoms with Gasteiger partial charge in [-0.1, -0.05) is 60.7 Å². The first kappa shape index (κ1) is 9.41. The van der Waals surface area contributed by atoms with Crippen LogP contribution in [-0.2, 0) is 0 Å². The molecule has 0 aliphatic heterocycles. The van der Waals surface area contributed by atoms with Crippen LogP contribution in [0.4, 0.5) is 0 Å². The maximum absolute atomic E-state index is 2.27. The van der Waals surface area contributed by atoms with E-state index in [9.17, 15) is 0 Å². The van der Waals surface area contributed by atoms with Crippen molar-refractivity contribution >= 4 is 11.6 Å². The minimum absolute atomic E-state index is 1.08. The summed E-state index contributed by atoms with van der Waals surface area (Å²) in [5.41, 5.74) is 5.39. The first-order valence-electron chi connectivity index (χ1n) is 5.76. The molecule has 16 heavy (non-hydrogen) atoms. The monoisotopic (exact) mass is 206 g/mol. The van der Waals surface area contributed by atoms with Crippen LogP contribution in [0.3, 0.4) is 0 Å². The van der Waals surface area contributed by atoms with E-state index < -0.39 is 0 Å². The van der Waals surface area contributed by atoms with Crippen LogP contribution < -0.4 is 0 Å².